The Morgan fingerprint density at radius 3 is 3.15 bits per heavy atom. The Morgan fingerprint density at radius 1 is 1.77 bits per heavy atom. The second kappa shape index (κ2) is 4.82. The molecule has 1 aromatic heterocycles. The van der Waals surface area contributed by atoms with E-state index in [0.29, 0.717) is 9.26 Å². The van der Waals surface area contributed by atoms with Crippen LogP contribution in [-0.4, -0.2) is 17.6 Å². The van der Waals surface area contributed by atoms with Crippen LogP contribution in [-0.2, 0) is 4.74 Å². The van der Waals surface area contributed by atoms with Crippen molar-refractivity contribution in [3.05, 3.63) is 27.6 Å². The summed E-state index contributed by atoms with van der Waals surface area (Å²) in [7, 11) is 0. The lowest BCUT2D eigenvalue weighted by atomic mass is 10.3. The van der Waals surface area contributed by atoms with Gasteiger partial charge in [-0.25, -0.2) is 9.78 Å². The zero-order valence-electron chi connectivity index (χ0n) is 6.66. The fourth-order valence-corrected chi connectivity index (χ4v) is 1.28. The van der Waals surface area contributed by atoms with Gasteiger partial charge in [-0.15, -0.1) is 6.42 Å². The van der Waals surface area contributed by atoms with Crippen LogP contribution in [0.5, 0.6) is 0 Å². The van der Waals surface area contributed by atoms with Crippen molar-refractivity contribution < 1.29 is 9.53 Å². The van der Waals surface area contributed by atoms with E-state index in [0.717, 1.165) is 0 Å². The van der Waals surface area contributed by atoms with Crippen LogP contribution in [0.3, 0.4) is 0 Å². The molecule has 0 spiro atoms. The average molecular weight is 287 g/mol. The van der Waals surface area contributed by atoms with Gasteiger partial charge in [-0.05, 0) is 34.7 Å². The maximum atomic E-state index is 11.3. The molecule has 0 radical (unpaired) electrons. The van der Waals surface area contributed by atoms with E-state index in [9.17, 15) is 4.79 Å². The molecule has 0 N–H and O–H groups in total. The van der Waals surface area contributed by atoms with Crippen LogP contribution in [0.2, 0.25) is 0 Å². The molecular weight excluding hydrogens is 281 g/mol. The lowest BCUT2D eigenvalue weighted by molar-refractivity contribution is 0.0555. The number of carbonyl (C=O) groups is 1. The summed E-state index contributed by atoms with van der Waals surface area (Å²) < 4.78 is 5.35. The number of hydrogen-bond donors (Lipinski definition) is 0. The maximum Gasteiger partial charge on any atom is 0.341 e. The molecule has 0 amide bonds. The van der Waals surface area contributed by atoms with Crippen molar-refractivity contribution in [2.24, 2.45) is 0 Å². The molecule has 0 saturated heterocycles. The highest BCUT2D eigenvalue weighted by atomic mass is 127. The average Bonchev–Trinajstić information content (AvgIpc) is 2.15. The summed E-state index contributed by atoms with van der Waals surface area (Å²) in [5.41, 5.74) is 0.443. The molecule has 0 fully saturated rings. The van der Waals surface area contributed by atoms with Crippen LogP contribution in [0.25, 0.3) is 0 Å². The first-order valence-corrected chi connectivity index (χ1v) is 4.54. The Kier molecular flexibility index (Phi) is 3.71. The molecule has 0 unspecified atom stereocenters. The molecule has 0 aliphatic rings. The zero-order chi connectivity index (χ0) is 9.68. The molecule has 0 saturated carbocycles. The van der Waals surface area contributed by atoms with E-state index in [-0.39, 0.29) is 6.61 Å². The zero-order valence-corrected chi connectivity index (χ0v) is 8.82. The minimum absolute atomic E-state index is 0.0101. The van der Waals surface area contributed by atoms with E-state index < -0.39 is 5.97 Å². The number of aromatic nitrogens is 1. The Bertz CT molecular complexity index is 357. The lowest BCUT2D eigenvalue weighted by Gasteiger charge is -2.01. The van der Waals surface area contributed by atoms with E-state index in [1.54, 1.807) is 18.3 Å². The molecule has 0 aromatic carbocycles. The van der Waals surface area contributed by atoms with Crippen molar-refractivity contribution in [3.63, 3.8) is 0 Å². The smallest absolute Gasteiger partial charge is 0.341 e. The predicted molar refractivity (Wildman–Crippen MR) is 56.1 cm³/mol. The highest BCUT2D eigenvalue weighted by Crippen LogP contribution is 2.09. The normalized spacial score (nSPS) is 8.92. The van der Waals surface area contributed by atoms with Gasteiger partial charge in [0.05, 0.1) is 5.56 Å². The van der Waals surface area contributed by atoms with Crippen molar-refractivity contribution in [2.75, 3.05) is 6.61 Å². The number of nitrogens with zero attached hydrogens (tertiary/aromatic N) is 1. The Hall–Kier alpha value is -1.09. The van der Waals surface area contributed by atoms with Crippen LogP contribution < -0.4 is 0 Å². The molecule has 66 valence electrons. The molecule has 4 heteroatoms. The number of terminal acetylenes is 1. The van der Waals surface area contributed by atoms with Crippen molar-refractivity contribution in [1.82, 2.24) is 4.98 Å². The molecule has 0 aliphatic carbocycles. The van der Waals surface area contributed by atoms with Gasteiger partial charge >= 0.3 is 5.97 Å². The lowest BCUT2D eigenvalue weighted by Crippen LogP contribution is -2.07. The van der Waals surface area contributed by atoms with Crippen molar-refractivity contribution in [1.29, 1.82) is 0 Å². The molecule has 0 bridgehead atoms. The van der Waals surface area contributed by atoms with Gasteiger partial charge in [0.2, 0.25) is 0 Å². The number of rotatable bonds is 2. The summed E-state index contributed by atoms with van der Waals surface area (Å²) in [5, 5.41) is 0. The second-order valence-corrected chi connectivity index (χ2v) is 3.14. The largest absolute Gasteiger partial charge is 0.449 e. The minimum atomic E-state index is -0.435. The molecule has 0 atom stereocenters. The summed E-state index contributed by atoms with van der Waals surface area (Å²) in [5.74, 6) is 1.79. The number of esters is 1. The molecule has 3 nitrogen and oxygen atoms in total. The summed E-state index contributed by atoms with van der Waals surface area (Å²) in [6, 6.07) is 3.32. The van der Waals surface area contributed by atoms with E-state index in [4.69, 9.17) is 11.2 Å². The van der Waals surface area contributed by atoms with E-state index in [1.807, 2.05) is 22.6 Å². The van der Waals surface area contributed by atoms with Crippen LogP contribution in [0.4, 0.5) is 0 Å². The molecule has 1 aromatic rings. The summed E-state index contributed by atoms with van der Waals surface area (Å²) >= 11 is 1.96. The monoisotopic (exact) mass is 287 g/mol. The number of carbonyl (C=O) groups excluding carboxylic acids is 1. The Labute approximate surface area is 89.6 Å². The number of pyridine rings is 1. The highest BCUT2D eigenvalue weighted by Gasteiger charge is 2.10. The van der Waals surface area contributed by atoms with Crippen molar-refractivity contribution in [2.45, 2.75) is 0 Å². The Balaban J connectivity index is 2.78. The third-order valence-corrected chi connectivity index (χ3v) is 2.13. The van der Waals surface area contributed by atoms with Crippen LogP contribution in [0.15, 0.2) is 18.3 Å². The van der Waals surface area contributed by atoms with Gasteiger partial charge < -0.3 is 4.74 Å². The highest BCUT2D eigenvalue weighted by molar-refractivity contribution is 14.1. The second-order valence-electron chi connectivity index (χ2n) is 2.12. The number of halogens is 1. The van der Waals surface area contributed by atoms with Crippen LogP contribution >= 0.6 is 22.6 Å². The standard InChI is InChI=1S/C9H6INO2/c1-2-6-13-9(12)7-4-3-5-11-8(7)10/h1,3-5H,6H2. The molecular formula is C9H6INO2. The van der Waals surface area contributed by atoms with Gasteiger partial charge in [-0.2, -0.15) is 0 Å². The van der Waals surface area contributed by atoms with Gasteiger partial charge in [0.1, 0.15) is 3.70 Å². The van der Waals surface area contributed by atoms with Crippen LogP contribution in [0, 0.1) is 16.0 Å². The van der Waals surface area contributed by atoms with E-state index >= 15 is 0 Å². The van der Waals surface area contributed by atoms with Gasteiger partial charge in [0.15, 0.2) is 6.61 Å². The summed E-state index contributed by atoms with van der Waals surface area (Å²) in [6.45, 7) is -0.0101. The van der Waals surface area contributed by atoms with E-state index in [2.05, 4.69) is 10.9 Å². The van der Waals surface area contributed by atoms with Gasteiger partial charge in [0, 0.05) is 6.20 Å². The number of ether oxygens (including phenoxy) is 1. The van der Waals surface area contributed by atoms with E-state index in [1.165, 1.54) is 0 Å². The SMILES string of the molecule is C#CCOC(=O)c1cccnc1I. The van der Waals surface area contributed by atoms with Gasteiger partial charge in [0.25, 0.3) is 0 Å². The third-order valence-electron chi connectivity index (χ3n) is 1.27. The number of hydrogen-bond acceptors (Lipinski definition) is 3. The Morgan fingerprint density at radius 2 is 2.54 bits per heavy atom. The third kappa shape index (κ3) is 2.70. The van der Waals surface area contributed by atoms with Gasteiger partial charge in [-0.3, -0.25) is 0 Å². The molecule has 13 heavy (non-hydrogen) atoms. The first kappa shape index (κ1) is 9.99. The molecule has 1 heterocycles. The maximum absolute atomic E-state index is 11.3. The van der Waals surface area contributed by atoms with Crippen molar-refractivity contribution >= 4 is 28.6 Å². The summed E-state index contributed by atoms with van der Waals surface area (Å²) in [4.78, 5) is 15.2. The topological polar surface area (TPSA) is 39.2 Å². The van der Waals surface area contributed by atoms with Crippen molar-refractivity contribution in [3.8, 4) is 12.3 Å². The minimum Gasteiger partial charge on any atom is -0.449 e. The molecule has 0 aliphatic heterocycles. The molecule has 1 rings (SSSR count). The quantitative estimate of drug-likeness (QED) is 0.358. The first-order valence-electron chi connectivity index (χ1n) is 3.47. The summed E-state index contributed by atoms with van der Waals surface area (Å²) in [6.07, 6.45) is 6.56. The van der Waals surface area contributed by atoms with Crippen LogP contribution in [0.1, 0.15) is 10.4 Å². The van der Waals surface area contributed by atoms with Gasteiger partial charge in [-0.1, -0.05) is 5.92 Å². The predicted octanol–water partition coefficient (Wildman–Crippen LogP) is 1.48. The fraction of sp³-hybridized carbons (Fsp3) is 0.111. The fourth-order valence-electron chi connectivity index (χ4n) is 0.723. The first-order chi connectivity index (χ1) is 6.25.